The zero-order valence-corrected chi connectivity index (χ0v) is 11.1. The molecule has 1 saturated carbocycles. The van der Waals surface area contributed by atoms with Gasteiger partial charge in [0.1, 0.15) is 5.82 Å². The van der Waals surface area contributed by atoms with Crippen LogP contribution in [0, 0.1) is 5.82 Å². The molecule has 5 heteroatoms. The fourth-order valence-corrected chi connectivity index (χ4v) is 2.13. The van der Waals surface area contributed by atoms with E-state index in [1.54, 1.807) is 30.1 Å². The van der Waals surface area contributed by atoms with Crippen LogP contribution in [0.5, 0.6) is 0 Å². The van der Waals surface area contributed by atoms with Crippen LogP contribution >= 0.6 is 0 Å². The molecule has 0 heterocycles. The first-order chi connectivity index (χ1) is 9.11. The van der Waals surface area contributed by atoms with Gasteiger partial charge >= 0.3 is 0 Å². The normalized spacial score (nSPS) is 16.4. The lowest BCUT2D eigenvalue weighted by Crippen LogP contribution is -2.40. The maximum atomic E-state index is 13.8. The molecule has 0 saturated heterocycles. The Morgan fingerprint density at radius 1 is 1.53 bits per heavy atom. The molecule has 1 aromatic rings. The number of rotatable bonds is 6. The maximum absolute atomic E-state index is 13.8. The second-order valence-electron chi connectivity index (χ2n) is 5.03. The summed E-state index contributed by atoms with van der Waals surface area (Å²) in [6.07, 6.45) is 2.12. The van der Waals surface area contributed by atoms with Crippen LogP contribution in [-0.2, 0) is 4.79 Å². The lowest BCUT2D eigenvalue weighted by molar-refractivity contribution is -0.122. The molecule has 104 valence electrons. The highest BCUT2D eigenvalue weighted by Crippen LogP contribution is 2.22. The Bertz CT molecular complexity index is 448. The van der Waals surface area contributed by atoms with Gasteiger partial charge in [-0.3, -0.25) is 9.69 Å². The largest absolute Gasteiger partial charge is 0.352 e. The van der Waals surface area contributed by atoms with Gasteiger partial charge in [0.15, 0.2) is 0 Å². The van der Waals surface area contributed by atoms with E-state index in [0.29, 0.717) is 11.6 Å². The number of nitrogens with two attached hydrogens (primary N) is 1. The van der Waals surface area contributed by atoms with Crippen molar-refractivity contribution in [2.24, 2.45) is 5.73 Å². The average molecular weight is 265 g/mol. The van der Waals surface area contributed by atoms with Crippen LogP contribution in [0.3, 0.4) is 0 Å². The number of benzene rings is 1. The van der Waals surface area contributed by atoms with Gasteiger partial charge in [0, 0.05) is 18.2 Å². The van der Waals surface area contributed by atoms with Crippen molar-refractivity contribution in [3.05, 3.63) is 35.6 Å². The monoisotopic (exact) mass is 265 g/mol. The molecule has 0 bridgehead atoms. The number of carbonyl (C=O) groups is 1. The van der Waals surface area contributed by atoms with E-state index in [-0.39, 0.29) is 30.9 Å². The molecule has 1 aliphatic carbocycles. The summed E-state index contributed by atoms with van der Waals surface area (Å²) in [5.41, 5.74) is 6.26. The minimum Gasteiger partial charge on any atom is -0.352 e. The van der Waals surface area contributed by atoms with Gasteiger partial charge in [-0.05, 0) is 26.0 Å². The van der Waals surface area contributed by atoms with Crippen molar-refractivity contribution in [2.45, 2.75) is 24.9 Å². The smallest absolute Gasteiger partial charge is 0.234 e. The van der Waals surface area contributed by atoms with E-state index in [2.05, 4.69) is 5.32 Å². The van der Waals surface area contributed by atoms with E-state index in [4.69, 9.17) is 5.73 Å². The predicted molar refractivity (Wildman–Crippen MR) is 72.0 cm³/mol. The summed E-state index contributed by atoms with van der Waals surface area (Å²) in [5, 5.41) is 2.91. The van der Waals surface area contributed by atoms with Crippen molar-refractivity contribution in [3.63, 3.8) is 0 Å². The molecular formula is C14H20FN3O. The van der Waals surface area contributed by atoms with Crippen LogP contribution in [0.15, 0.2) is 24.3 Å². The quantitative estimate of drug-likeness (QED) is 0.808. The van der Waals surface area contributed by atoms with Crippen molar-refractivity contribution in [3.8, 4) is 0 Å². The number of hydrogen-bond acceptors (Lipinski definition) is 3. The fraction of sp³-hybridized carbons (Fsp3) is 0.500. The molecule has 0 radical (unpaired) electrons. The molecule has 1 fully saturated rings. The summed E-state index contributed by atoms with van der Waals surface area (Å²) < 4.78 is 13.8. The molecule has 1 unspecified atom stereocenters. The van der Waals surface area contributed by atoms with E-state index in [9.17, 15) is 9.18 Å². The Balaban J connectivity index is 1.99. The minimum absolute atomic E-state index is 0.0280. The first kappa shape index (κ1) is 14.0. The number of nitrogens with one attached hydrogen (secondary N) is 1. The number of amides is 1. The Morgan fingerprint density at radius 3 is 2.79 bits per heavy atom. The molecule has 1 aliphatic rings. The molecular weight excluding hydrogens is 245 g/mol. The zero-order chi connectivity index (χ0) is 13.8. The highest BCUT2D eigenvalue weighted by Gasteiger charge is 2.25. The summed E-state index contributed by atoms with van der Waals surface area (Å²) in [6.45, 7) is 0.501. The van der Waals surface area contributed by atoms with Crippen LogP contribution in [0.25, 0.3) is 0 Å². The lowest BCUT2D eigenvalue weighted by Gasteiger charge is -2.27. The van der Waals surface area contributed by atoms with E-state index in [1.807, 2.05) is 0 Å². The molecule has 0 aliphatic heterocycles. The molecule has 4 nitrogen and oxygen atoms in total. The standard InChI is InChI=1S/C14H20FN3O/c1-18(9-14(19)17-10-6-7-10)13(8-16)11-4-2-3-5-12(11)15/h2-5,10,13H,6-9,16H2,1H3,(H,17,19). The van der Waals surface area contributed by atoms with Gasteiger partial charge in [0.2, 0.25) is 5.91 Å². The first-order valence-corrected chi connectivity index (χ1v) is 6.56. The van der Waals surface area contributed by atoms with Crippen molar-refractivity contribution in [1.82, 2.24) is 10.2 Å². The molecule has 0 spiro atoms. The second kappa shape index (κ2) is 6.12. The summed E-state index contributed by atoms with van der Waals surface area (Å²) in [4.78, 5) is 13.5. The second-order valence-corrected chi connectivity index (χ2v) is 5.03. The third kappa shape index (κ3) is 3.75. The number of nitrogens with zero attached hydrogens (tertiary/aromatic N) is 1. The number of hydrogen-bond donors (Lipinski definition) is 2. The van der Waals surface area contributed by atoms with Crippen LogP contribution in [0.2, 0.25) is 0 Å². The first-order valence-electron chi connectivity index (χ1n) is 6.56. The number of carbonyl (C=O) groups excluding carboxylic acids is 1. The van der Waals surface area contributed by atoms with E-state index in [0.717, 1.165) is 12.8 Å². The summed E-state index contributed by atoms with van der Waals surface area (Å²) in [7, 11) is 1.79. The highest BCUT2D eigenvalue weighted by atomic mass is 19.1. The average Bonchev–Trinajstić information content (AvgIpc) is 3.16. The van der Waals surface area contributed by atoms with Gasteiger partial charge in [-0.2, -0.15) is 0 Å². The molecule has 19 heavy (non-hydrogen) atoms. The molecule has 1 aromatic carbocycles. The van der Waals surface area contributed by atoms with Crippen molar-refractivity contribution in [2.75, 3.05) is 20.1 Å². The van der Waals surface area contributed by atoms with Crippen LogP contribution in [-0.4, -0.2) is 37.0 Å². The zero-order valence-electron chi connectivity index (χ0n) is 11.1. The third-order valence-electron chi connectivity index (χ3n) is 3.36. The van der Waals surface area contributed by atoms with Crippen molar-refractivity contribution < 1.29 is 9.18 Å². The fourth-order valence-electron chi connectivity index (χ4n) is 2.13. The van der Waals surface area contributed by atoms with Crippen LogP contribution in [0.4, 0.5) is 4.39 Å². The third-order valence-corrected chi connectivity index (χ3v) is 3.36. The van der Waals surface area contributed by atoms with Crippen LogP contribution < -0.4 is 11.1 Å². The number of halogens is 1. The Labute approximate surface area is 112 Å². The van der Waals surface area contributed by atoms with E-state index >= 15 is 0 Å². The maximum Gasteiger partial charge on any atom is 0.234 e. The van der Waals surface area contributed by atoms with Gasteiger partial charge in [0.25, 0.3) is 0 Å². The topological polar surface area (TPSA) is 58.4 Å². The predicted octanol–water partition coefficient (Wildman–Crippen LogP) is 1.04. The molecule has 3 N–H and O–H groups in total. The Hall–Kier alpha value is -1.46. The molecule has 2 rings (SSSR count). The Kier molecular flexibility index (Phi) is 4.50. The summed E-state index contributed by atoms with van der Waals surface area (Å²) >= 11 is 0. The van der Waals surface area contributed by atoms with E-state index in [1.165, 1.54) is 6.07 Å². The van der Waals surface area contributed by atoms with Gasteiger partial charge in [-0.25, -0.2) is 4.39 Å². The molecule has 1 atom stereocenters. The van der Waals surface area contributed by atoms with Gasteiger partial charge in [0.05, 0.1) is 12.6 Å². The SMILES string of the molecule is CN(CC(=O)NC1CC1)C(CN)c1ccccc1F. The van der Waals surface area contributed by atoms with Crippen molar-refractivity contribution >= 4 is 5.91 Å². The van der Waals surface area contributed by atoms with Gasteiger partial charge in [-0.1, -0.05) is 18.2 Å². The summed E-state index contributed by atoms with van der Waals surface area (Å²) in [5.74, 6) is -0.313. The Morgan fingerprint density at radius 2 is 2.21 bits per heavy atom. The highest BCUT2D eigenvalue weighted by molar-refractivity contribution is 5.78. The molecule has 0 aromatic heterocycles. The summed E-state index contributed by atoms with van der Waals surface area (Å²) in [6, 6.07) is 6.60. The minimum atomic E-state index is -0.286. The lowest BCUT2D eigenvalue weighted by atomic mass is 10.1. The van der Waals surface area contributed by atoms with Gasteiger partial charge < -0.3 is 11.1 Å². The van der Waals surface area contributed by atoms with Gasteiger partial charge in [-0.15, -0.1) is 0 Å². The van der Waals surface area contributed by atoms with Crippen molar-refractivity contribution in [1.29, 1.82) is 0 Å². The molecule has 1 amide bonds. The van der Waals surface area contributed by atoms with Crippen LogP contribution in [0.1, 0.15) is 24.4 Å². The van der Waals surface area contributed by atoms with E-state index < -0.39 is 0 Å². The number of likely N-dealkylation sites (N-methyl/N-ethyl adjacent to an activating group) is 1.